The molecule has 1 aromatic rings. The van der Waals surface area contributed by atoms with E-state index in [0.29, 0.717) is 6.04 Å². The van der Waals surface area contributed by atoms with Crippen LogP contribution < -0.4 is 10.1 Å². The van der Waals surface area contributed by atoms with Crippen LogP contribution in [0.25, 0.3) is 0 Å². The molecule has 0 radical (unpaired) electrons. The van der Waals surface area contributed by atoms with Gasteiger partial charge in [-0.1, -0.05) is 45.1 Å². The van der Waals surface area contributed by atoms with Gasteiger partial charge in [0.2, 0.25) is 0 Å². The van der Waals surface area contributed by atoms with Gasteiger partial charge < -0.3 is 10.1 Å². The van der Waals surface area contributed by atoms with Crippen LogP contribution in [0.4, 0.5) is 0 Å². The largest absolute Gasteiger partial charge is 0.492 e. The van der Waals surface area contributed by atoms with Crippen molar-refractivity contribution in [1.82, 2.24) is 5.32 Å². The molecule has 21 heavy (non-hydrogen) atoms. The molecule has 0 spiro atoms. The minimum absolute atomic E-state index is 0.695. The van der Waals surface area contributed by atoms with Gasteiger partial charge in [0.25, 0.3) is 0 Å². The van der Waals surface area contributed by atoms with E-state index in [9.17, 15) is 0 Å². The first kappa shape index (κ1) is 16.8. The summed E-state index contributed by atoms with van der Waals surface area (Å²) in [6, 6.07) is 7.13. The van der Waals surface area contributed by atoms with Crippen LogP contribution in [0.1, 0.15) is 63.9 Å². The number of nitrogens with one attached hydrogen (secondary N) is 1. The molecule has 1 aliphatic rings. The number of ether oxygens (including phenoxy) is 1. The molecule has 2 rings (SSSR count). The minimum Gasteiger partial charge on any atom is -0.492 e. The average molecular weight is 354 g/mol. The minimum atomic E-state index is 0.695. The van der Waals surface area contributed by atoms with Crippen LogP contribution in [0.15, 0.2) is 22.7 Å². The summed E-state index contributed by atoms with van der Waals surface area (Å²) in [7, 11) is 0. The molecule has 1 aliphatic carbocycles. The van der Waals surface area contributed by atoms with E-state index >= 15 is 0 Å². The zero-order valence-corrected chi connectivity index (χ0v) is 14.8. The van der Waals surface area contributed by atoms with Gasteiger partial charge in [0, 0.05) is 12.6 Å². The quantitative estimate of drug-likeness (QED) is 0.734. The molecule has 0 aliphatic heterocycles. The molecule has 118 valence electrons. The van der Waals surface area contributed by atoms with E-state index in [-0.39, 0.29) is 0 Å². The van der Waals surface area contributed by atoms with Crippen molar-refractivity contribution >= 4 is 15.9 Å². The lowest BCUT2D eigenvalue weighted by Crippen LogP contribution is -2.29. The Bertz CT molecular complexity index is 414. The van der Waals surface area contributed by atoms with Gasteiger partial charge in [-0.3, -0.25) is 0 Å². The van der Waals surface area contributed by atoms with E-state index in [1.807, 2.05) is 0 Å². The Kier molecular flexibility index (Phi) is 7.59. The third kappa shape index (κ3) is 5.99. The van der Waals surface area contributed by atoms with Gasteiger partial charge in [-0.2, -0.15) is 0 Å². The molecule has 0 unspecified atom stereocenters. The van der Waals surface area contributed by atoms with Gasteiger partial charge in [0.15, 0.2) is 0 Å². The molecule has 0 aromatic heterocycles. The lowest BCUT2D eigenvalue weighted by atomic mass is 9.96. The molecular weight excluding hydrogens is 326 g/mol. The first-order valence-electron chi connectivity index (χ1n) is 8.44. The summed E-state index contributed by atoms with van der Waals surface area (Å²) in [6.45, 7) is 3.86. The van der Waals surface area contributed by atoms with Gasteiger partial charge in [0.1, 0.15) is 5.75 Å². The fourth-order valence-corrected chi connectivity index (χ4v) is 3.45. The zero-order valence-electron chi connectivity index (χ0n) is 13.2. The molecule has 1 fully saturated rings. The van der Waals surface area contributed by atoms with Crippen LogP contribution in [-0.2, 0) is 6.54 Å². The Morgan fingerprint density at radius 1 is 1.14 bits per heavy atom. The topological polar surface area (TPSA) is 21.3 Å². The maximum atomic E-state index is 5.70. The summed E-state index contributed by atoms with van der Waals surface area (Å²) in [6.07, 6.45) is 10.7. The second kappa shape index (κ2) is 9.47. The maximum Gasteiger partial charge on any atom is 0.133 e. The fourth-order valence-electron chi connectivity index (χ4n) is 2.91. The van der Waals surface area contributed by atoms with Gasteiger partial charge in [0.05, 0.1) is 11.1 Å². The molecule has 1 N–H and O–H groups in total. The van der Waals surface area contributed by atoms with Gasteiger partial charge >= 0.3 is 0 Å². The molecule has 1 aromatic carbocycles. The molecule has 2 nitrogen and oxygen atoms in total. The summed E-state index contributed by atoms with van der Waals surface area (Å²) in [5.41, 5.74) is 1.33. The second-order valence-corrected chi connectivity index (χ2v) is 6.89. The van der Waals surface area contributed by atoms with Crippen molar-refractivity contribution in [2.75, 3.05) is 6.61 Å². The molecule has 0 atom stereocenters. The Morgan fingerprint density at radius 2 is 1.86 bits per heavy atom. The lowest BCUT2D eigenvalue weighted by Gasteiger charge is -2.21. The molecule has 0 amide bonds. The van der Waals surface area contributed by atoms with Crippen LogP contribution in [0.5, 0.6) is 5.75 Å². The van der Waals surface area contributed by atoms with E-state index in [1.165, 1.54) is 50.5 Å². The summed E-state index contributed by atoms with van der Waals surface area (Å²) < 4.78 is 6.76. The third-order valence-corrected chi connectivity index (χ3v) is 4.78. The highest BCUT2D eigenvalue weighted by molar-refractivity contribution is 9.10. The normalized spacial score (nSPS) is 17.2. The van der Waals surface area contributed by atoms with Crippen LogP contribution in [0.3, 0.4) is 0 Å². The summed E-state index contributed by atoms with van der Waals surface area (Å²) in [4.78, 5) is 0. The van der Waals surface area contributed by atoms with Gasteiger partial charge in [-0.05, 0) is 52.9 Å². The average Bonchev–Trinajstić information content (AvgIpc) is 2.45. The summed E-state index contributed by atoms with van der Waals surface area (Å²) >= 11 is 3.61. The monoisotopic (exact) mass is 353 g/mol. The summed E-state index contributed by atoms with van der Waals surface area (Å²) in [5, 5.41) is 3.73. The van der Waals surface area contributed by atoms with Crippen LogP contribution in [0, 0.1) is 0 Å². The van der Waals surface area contributed by atoms with Crippen LogP contribution in [0.2, 0.25) is 0 Å². The summed E-state index contributed by atoms with van der Waals surface area (Å²) in [5.74, 6) is 0.951. The van der Waals surface area contributed by atoms with Gasteiger partial charge in [-0.25, -0.2) is 0 Å². The van der Waals surface area contributed by atoms with E-state index in [0.717, 1.165) is 29.8 Å². The molecule has 1 saturated carbocycles. The fraction of sp³-hybridized carbons (Fsp3) is 0.667. The first-order valence-corrected chi connectivity index (χ1v) is 9.23. The molecule has 0 saturated heterocycles. The molecule has 3 heteroatoms. The van der Waals surface area contributed by atoms with E-state index in [2.05, 4.69) is 46.4 Å². The Balaban J connectivity index is 1.83. The molecular formula is C18H28BrNO. The SMILES string of the molecule is CCCOc1ccc(CNC2CCCCCCC2)cc1Br. The number of benzene rings is 1. The van der Waals surface area contributed by atoms with E-state index in [1.54, 1.807) is 0 Å². The number of hydrogen-bond donors (Lipinski definition) is 1. The maximum absolute atomic E-state index is 5.70. The highest BCUT2D eigenvalue weighted by Gasteiger charge is 2.11. The van der Waals surface area contributed by atoms with Crippen molar-refractivity contribution < 1.29 is 4.74 Å². The van der Waals surface area contributed by atoms with Crippen molar-refractivity contribution in [3.8, 4) is 5.75 Å². The van der Waals surface area contributed by atoms with Crippen molar-refractivity contribution in [1.29, 1.82) is 0 Å². The number of halogens is 1. The van der Waals surface area contributed by atoms with E-state index < -0.39 is 0 Å². The van der Waals surface area contributed by atoms with Crippen molar-refractivity contribution in [3.63, 3.8) is 0 Å². The Morgan fingerprint density at radius 3 is 2.52 bits per heavy atom. The Labute approximate surface area is 137 Å². The van der Waals surface area contributed by atoms with Crippen molar-refractivity contribution in [3.05, 3.63) is 28.2 Å². The predicted octanol–water partition coefficient (Wildman–Crippen LogP) is 5.44. The zero-order chi connectivity index (χ0) is 14.9. The third-order valence-electron chi connectivity index (χ3n) is 4.16. The van der Waals surface area contributed by atoms with Crippen LogP contribution in [-0.4, -0.2) is 12.6 Å². The van der Waals surface area contributed by atoms with Crippen molar-refractivity contribution in [2.45, 2.75) is 70.9 Å². The molecule has 0 heterocycles. The second-order valence-electron chi connectivity index (χ2n) is 6.04. The van der Waals surface area contributed by atoms with Gasteiger partial charge in [-0.15, -0.1) is 0 Å². The van der Waals surface area contributed by atoms with E-state index in [4.69, 9.17) is 4.74 Å². The highest BCUT2D eigenvalue weighted by Crippen LogP contribution is 2.26. The number of rotatable bonds is 6. The Hall–Kier alpha value is -0.540. The highest BCUT2D eigenvalue weighted by atomic mass is 79.9. The van der Waals surface area contributed by atoms with Crippen molar-refractivity contribution in [2.24, 2.45) is 0 Å². The first-order chi connectivity index (χ1) is 10.3. The lowest BCUT2D eigenvalue weighted by molar-refractivity contribution is 0.315. The standard InChI is InChI=1S/C18H28BrNO/c1-2-12-21-18-11-10-15(13-17(18)19)14-20-16-8-6-4-3-5-7-9-16/h10-11,13,16,20H,2-9,12,14H2,1H3. The number of hydrogen-bond acceptors (Lipinski definition) is 2. The molecule has 0 bridgehead atoms. The smallest absolute Gasteiger partial charge is 0.133 e. The van der Waals surface area contributed by atoms with Crippen LogP contribution >= 0.6 is 15.9 Å². The predicted molar refractivity (Wildman–Crippen MR) is 92.9 cm³/mol.